The summed E-state index contributed by atoms with van der Waals surface area (Å²) >= 11 is 0. The molecule has 8 heteroatoms. The van der Waals surface area contributed by atoms with Gasteiger partial charge in [-0.1, -0.05) is 30.3 Å². The molecule has 0 bridgehead atoms. The van der Waals surface area contributed by atoms with Crippen molar-refractivity contribution < 1.29 is 23.9 Å². The number of imide groups is 1. The molecule has 5 rings (SSSR count). The Hall–Kier alpha value is -3.68. The number of amides is 4. The number of hydrogen-bond donors (Lipinski definition) is 1. The van der Waals surface area contributed by atoms with E-state index in [9.17, 15) is 19.2 Å². The Labute approximate surface area is 191 Å². The van der Waals surface area contributed by atoms with Crippen molar-refractivity contribution in [1.29, 1.82) is 0 Å². The summed E-state index contributed by atoms with van der Waals surface area (Å²) in [5.41, 5.74) is 1.03. The second kappa shape index (κ2) is 8.03. The van der Waals surface area contributed by atoms with Crippen LogP contribution in [0.15, 0.2) is 48.5 Å². The second-order valence-electron chi connectivity index (χ2n) is 8.90. The average Bonchev–Trinajstić information content (AvgIpc) is 3.04. The zero-order valence-electron chi connectivity index (χ0n) is 18.4. The molecule has 1 spiro atoms. The highest BCUT2D eigenvalue weighted by molar-refractivity contribution is 6.22. The monoisotopic (exact) mass is 447 g/mol. The van der Waals surface area contributed by atoms with E-state index < -0.39 is 23.3 Å². The first-order valence-electron chi connectivity index (χ1n) is 11.1. The minimum atomic E-state index is -0.478. The molecule has 1 saturated heterocycles. The Bertz CT molecular complexity index is 1120. The highest BCUT2D eigenvalue weighted by Gasteiger charge is 2.44. The molecule has 0 radical (unpaired) electrons. The van der Waals surface area contributed by atoms with Gasteiger partial charge in [-0.3, -0.25) is 24.1 Å². The van der Waals surface area contributed by atoms with Crippen molar-refractivity contribution in [1.82, 2.24) is 15.1 Å². The summed E-state index contributed by atoms with van der Waals surface area (Å²) in [4.78, 5) is 52.8. The minimum absolute atomic E-state index is 0.0480. The van der Waals surface area contributed by atoms with Crippen LogP contribution in [0.3, 0.4) is 0 Å². The maximum Gasteiger partial charge on any atom is 0.262 e. The lowest BCUT2D eigenvalue weighted by Gasteiger charge is -2.46. The van der Waals surface area contributed by atoms with Crippen LogP contribution in [0, 0.1) is 0 Å². The normalized spacial score (nSPS) is 20.8. The first-order valence-corrected chi connectivity index (χ1v) is 11.1. The van der Waals surface area contributed by atoms with Gasteiger partial charge in [-0.2, -0.15) is 0 Å². The molecule has 2 aromatic carbocycles. The molecular formula is C25H25N3O5. The van der Waals surface area contributed by atoms with Crippen molar-refractivity contribution in [3.63, 3.8) is 0 Å². The Morgan fingerprint density at radius 1 is 1.00 bits per heavy atom. The molecule has 1 unspecified atom stereocenters. The first kappa shape index (κ1) is 21.2. The highest BCUT2D eigenvalue weighted by Crippen LogP contribution is 2.44. The minimum Gasteiger partial charge on any atom is -0.487 e. The molecule has 4 amide bonds. The Morgan fingerprint density at radius 2 is 1.61 bits per heavy atom. The lowest BCUT2D eigenvalue weighted by Crippen LogP contribution is -2.53. The smallest absolute Gasteiger partial charge is 0.262 e. The molecule has 3 aliphatic rings. The van der Waals surface area contributed by atoms with Crippen molar-refractivity contribution in [2.45, 2.75) is 37.8 Å². The number of piperidine rings is 1. The molecule has 33 heavy (non-hydrogen) atoms. The fraction of sp³-hybridized carbons (Fsp3) is 0.360. The summed E-state index contributed by atoms with van der Waals surface area (Å²) in [5, 5.41) is 3.03. The zero-order chi connectivity index (χ0) is 23.2. The number of hydrogen-bond acceptors (Lipinski definition) is 5. The van der Waals surface area contributed by atoms with Crippen molar-refractivity contribution in [3.8, 4) is 5.75 Å². The number of benzene rings is 2. The van der Waals surface area contributed by atoms with Crippen molar-refractivity contribution in [2.24, 2.45) is 0 Å². The van der Waals surface area contributed by atoms with Crippen LogP contribution in [-0.4, -0.2) is 58.7 Å². The predicted octanol–water partition coefficient (Wildman–Crippen LogP) is 2.30. The third-order valence-electron chi connectivity index (χ3n) is 6.83. The third-order valence-corrected chi connectivity index (χ3v) is 6.83. The average molecular weight is 447 g/mol. The quantitative estimate of drug-likeness (QED) is 0.729. The first-order chi connectivity index (χ1) is 15.9. The molecule has 2 aromatic rings. The van der Waals surface area contributed by atoms with Gasteiger partial charge >= 0.3 is 0 Å². The van der Waals surface area contributed by atoms with E-state index in [1.807, 2.05) is 29.2 Å². The van der Waals surface area contributed by atoms with Gasteiger partial charge in [0.05, 0.1) is 17.2 Å². The van der Waals surface area contributed by atoms with Gasteiger partial charge in [0.2, 0.25) is 11.8 Å². The molecule has 1 fully saturated rings. The number of carbonyl (C=O) groups excluding carboxylic acids is 4. The number of likely N-dealkylation sites (tertiary alicyclic amines) is 1. The summed E-state index contributed by atoms with van der Waals surface area (Å²) in [5.74, 6) is -0.544. The van der Waals surface area contributed by atoms with Crippen LogP contribution in [0.1, 0.15) is 58.5 Å². The standard InChI is InChI=1S/C25H25N3O5/c1-16(29)27-12-10-25(11-13-27)14-20(19-8-4-5-9-21(19)33-25)26-22(30)15-28-23(31)17-6-2-3-7-18(17)24(28)32/h2-9,20H,10-15H2,1H3,(H,26,30). The fourth-order valence-electron chi connectivity index (χ4n) is 5.05. The summed E-state index contributed by atoms with van der Waals surface area (Å²) in [6, 6.07) is 13.9. The van der Waals surface area contributed by atoms with E-state index in [1.165, 1.54) is 0 Å². The van der Waals surface area contributed by atoms with E-state index in [4.69, 9.17) is 4.74 Å². The van der Waals surface area contributed by atoms with Crippen LogP contribution in [0.25, 0.3) is 0 Å². The van der Waals surface area contributed by atoms with Gasteiger partial charge in [0.15, 0.2) is 0 Å². The molecule has 0 saturated carbocycles. The van der Waals surface area contributed by atoms with Crippen LogP contribution in [-0.2, 0) is 9.59 Å². The maximum atomic E-state index is 13.0. The van der Waals surface area contributed by atoms with Crippen LogP contribution in [0.5, 0.6) is 5.75 Å². The summed E-state index contributed by atoms with van der Waals surface area (Å²) in [6.45, 7) is 2.44. The van der Waals surface area contributed by atoms with Gasteiger partial charge in [0, 0.05) is 44.8 Å². The number of nitrogens with one attached hydrogen (secondary N) is 1. The van der Waals surface area contributed by atoms with Crippen LogP contribution in [0.4, 0.5) is 0 Å². The molecule has 1 N–H and O–H groups in total. The van der Waals surface area contributed by atoms with Gasteiger partial charge in [-0.25, -0.2) is 0 Å². The Balaban J connectivity index is 1.32. The third kappa shape index (κ3) is 3.75. The number of fused-ring (bicyclic) bond motifs is 2. The number of ether oxygens (including phenoxy) is 1. The predicted molar refractivity (Wildman–Crippen MR) is 119 cm³/mol. The topological polar surface area (TPSA) is 96.0 Å². The molecule has 170 valence electrons. The highest BCUT2D eigenvalue weighted by atomic mass is 16.5. The lowest BCUT2D eigenvalue weighted by molar-refractivity contribution is -0.133. The van der Waals surface area contributed by atoms with Crippen molar-refractivity contribution >= 4 is 23.6 Å². The van der Waals surface area contributed by atoms with Crippen LogP contribution >= 0.6 is 0 Å². The fourth-order valence-corrected chi connectivity index (χ4v) is 5.05. The van der Waals surface area contributed by atoms with Crippen LogP contribution in [0.2, 0.25) is 0 Å². The van der Waals surface area contributed by atoms with Gasteiger partial charge in [-0.15, -0.1) is 0 Å². The molecule has 3 heterocycles. The van der Waals surface area contributed by atoms with E-state index >= 15 is 0 Å². The lowest BCUT2D eigenvalue weighted by atomic mass is 9.80. The summed E-state index contributed by atoms with van der Waals surface area (Å²) in [7, 11) is 0. The van der Waals surface area contributed by atoms with Gasteiger partial charge in [0.1, 0.15) is 17.9 Å². The van der Waals surface area contributed by atoms with E-state index in [1.54, 1.807) is 31.2 Å². The number of carbonyl (C=O) groups is 4. The van der Waals surface area contributed by atoms with E-state index in [0.717, 1.165) is 10.5 Å². The second-order valence-corrected chi connectivity index (χ2v) is 8.90. The summed E-state index contributed by atoms with van der Waals surface area (Å²) in [6.07, 6.45) is 1.90. The Kier molecular flexibility index (Phi) is 5.15. The van der Waals surface area contributed by atoms with E-state index in [2.05, 4.69) is 5.32 Å². The van der Waals surface area contributed by atoms with Gasteiger partial charge in [0.25, 0.3) is 11.8 Å². The number of para-hydroxylation sites is 1. The zero-order valence-corrected chi connectivity index (χ0v) is 18.4. The summed E-state index contributed by atoms with van der Waals surface area (Å²) < 4.78 is 6.40. The maximum absolute atomic E-state index is 13.0. The largest absolute Gasteiger partial charge is 0.487 e. The SMILES string of the molecule is CC(=O)N1CCC2(CC1)CC(NC(=O)CN1C(=O)c3ccccc3C1=O)c1ccccc1O2. The van der Waals surface area contributed by atoms with Gasteiger partial charge < -0.3 is 15.0 Å². The van der Waals surface area contributed by atoms with Crippen molar-refractivity contribution in [2.75, 3.05) is 19.6 Å². The molecule has 3 aliphatic heterocycles. The van der Waals surface area contributed by atoms with E-state index in [-0.39, 0.29) is 18.5 Å². The molecule has 0 aromatic heterocycles. The molecular weight excluding hydrogens is 422 g/mol. The number of rotatable bonds is 3. The van der Waals surface area contributed by atoms with Gasteiger partial charge in [-0.05, 0) is 18.2 Å². The van der Waals surface area contributed by atoms with Crippen molar-refractivity contribution in [3.05, 3.63) is 65.2 Å². The molecule has 8 nitrogen and oxygen atoms in total. The van der Waals surface area contributed by atoms with E-state index in [0.29, 0.717) is 49.2 Å². The van der Waals surface area contributed by atoms with Crippen LogP contribution < -0.4 is 10.1 Å². The molecule has 1 atom stereocenters. The number of nitrogens with zero attached hydrogens (tertiary/aromatic N) is 2. The Morgan fingerprint density at radius 3 is 2.24 bits per heavy atom. The molecule has 0 aliphatic carbocycles.